The first-order chi connectivity index (χ1) is 12.0. The van der Waals surface area contributed by atoms with Gasteiger partial charge in [-0.2, -0.15) is 0 Å². The average molecular weight is 365 g/mol. The molecule has 25 heavy (non-hydrogen) atoms. The third kappa shape index (κ3) is 4.17. The summed E-state index contributed by atoms with van der Waals surface area (Å²) in [6, 6.07) is 6.45. The van der Waals surface area contributed by atoms with E-state index >= 15 is 0 Å². The van der Waals surface area contributed by atoms with Gasteiger partial charge in [0.25, 0.3) is 0 Å². The highest BCUT2D eigenvalue weighted by Crippen LogP contribution is 2.29. The van der Waals surface area contributed by atoms with Gasteiger partial charge in [0.05, 0.1) is 12.0 Å². The molecule has 0 radical (unpaired) electrons. The maximum atomic E-state index is 12.6. The van der Waals surface area contributed by atoms with Crippen molar-refractivity contribution in [2.75, 3.05) is 20.2 Å². The lowest BCUT2D eigenvalue weighted by molar-refractivity contribution is -0.134. The SMILES string of the molecule is COc1ccc(S(=O)(=O)C2CN(C(=O)CCC3CCCCC3)C2)cc1. The molecule has 0 atom stereocenters. The number of hydrogen-bond acceptors (Lipinski definition) is 4. The molecule has 0 N–H and O–H groups in total. The van der Waals surface area contributed by atoms with Crippen molar-refractivity contribution in [3.05, 3.63) is 24.3 Å². The predicted octanol–water partition coefficient (Wildman–Crippen LogP) is 3.04. The monoisotopic (exact) mass is 365 g/mol. The molecule has 2 fully saturated rings. The molecule has 1 saturated carbocycles. The van der Waals surface area contributed by atoms with Gasteiger partial charge in [0, 0.05) is 19.5 Å². The normalized spacial score (nSPS) is 19.5. The Balaban J connectivity index is 1.49. The van der Waals surface area contributed by atoms with Crippen LogP contribution < -0.4 is 4.74 Å². The van der Waals surface area contributed by atoms with E-state index in [-0.39, 0.29) is 5.91 Å². The molecule has 1 amide bonds. The van der Waals surface area contributed by atoms with Gasteiger partial charge in [-0.25, -0.2) is 8.42 Å². The predicted molar refractivity (Wildman–Crippen MR) is 96.4 cm³/mol. The van der Waals surface area contributed by atoms with Crippen molar-refractivity contribution >= 4 is 15.7 Å². The molecule has 1 aromatic rings. The number of benzene rings is 1. The Bertz CT molecular complexity index is 687. The topological polar surface area (TPSA) is 63.7 Å². The Morgan fingerprint density at radius 1 is 1.12 bits per heavy atom. The van der Waals surface area contributed by atoms with Crippen LogP contribution in [0.25, 0.3) is 0 Å². The molecule has 1 aliphatic heterocycles. The van der Waals surface area contributed by atoms with Gasteiger partial charge in [0.2, 0.25) is 5.91 Å². The van der Waals surface area contributed by atoms with Crippen LogP contribution in [-0.2, 0) is 14.6 Å². The Labute approximate surface area is 150 Å². The largest absolute Gasteiger partial charge is 0.497 e. The summed E-state index contributed by atoms with van der Waals surface area (Å²) in [5.41, 5.74) is 0. The molecule has 1 saturated heterocycles. The second-order valence-electron chi connectivity index (χ2n) is 7.18. The summed E-state index contributed by atoms with van der Waals surface area (Å²) < 4.78 is 30.3. The zero-order valence-electron chi connectivity index (χ0n) is 14.8. The number of likely N-dealkylation sites (tertiary alicyclic amines) is 1. The van der Waals surface area contributed by atoms with E-state index in [1.165, 1.54) is 32.1 Å². The van der Waals surface area contributed by atoms with E-state index in [1.54, 1.807) is 36.3 Å². The maximum Gasteiger partial charge on any atom is 0.222 e. The Morgan fingerprint density at radius 2 is 1.76 bits per heavy atom. The first kappa shape index (κ1) is 18.2. The molecule has 0 spiro atoms. The van der Waals surface area contributed by atoms with Crippen LogP contribution in [0, 0.1) is 5.92 Å². The van der Waals surface area contributed by atoms with E-state index in [1.807, 2.05) is 0 Å². The van der Waals surface area contributed by atoms with Gasteiger partial charge in [-0.1, -0.05) is 32.1 Å². The lowest BCUT2D eigenvalue weighted by Crippen LogP contribution is -2.56. The second kappa shape index (κ2) is 7.77. The molecule has 1 aromatic carbocycles. The Hall–Kier alpha value is -1.56. The zero-order valence-corrected chi connectivity index (χ0v) is 15.6. The fraction of sp³-hybridized carbons (Fsp3) is 0.632. The van der Waals surface area contributed by atoms with Gasteiger partial charge in [0.15, 0.2) is 9.84 Å². The third-order valence-corrected chi connectivity index (χ3v) is 7.62. The highest BCUT2D eigenvalue weighted by Gasteiger charge is 2.40. The van der Waals surface area contributed by atoms with E-state index in [0.29, 0.717) is 36.1 Å². The molecule has 5 nitrogen and oxygen atoms in total. The fourth-order valence-corrected chi connectivity index (χ4v) is 5.41. The number of sulfone groups is 1. The van der Waals surface area contributed by atoms with Crippen molar-refractivity contribution in [3.8, 4) is 5.75 Å². The first-order valence-corrected chi connectivity index (χ1v) is 10.7. The Kier molecular flexibility index (Phi) is 5.67. The molecule has 1 aliphatic carbocycles. The number of amides is 1. The van der Waals surface area contributed by atoms with Gasteiger partial charge in [-0.15, -0.1) is 0 Å². The van der Waals surface area contributed by atoms with E-state index in [9.17, 15) is 13.2 Å². The lowest BCUT2D eigenvalue weighted by Gasteiger charge is -2.39. The lowest BCUT2D eigenvalue weighted by atomic mass is 9.86. The summed E-state index contributed by atoms with van der Waals surface area (Å²) in [6.07, 6.45) is 7.87. The van der Waals surface area contributed by atoms with Crippen LogP contribution in [0.2, 0.25) is 0 Å². The molecule has 0 aromatic heterocycles. The van der Waals surface area contributed by atoms with Crippen molar-refractivity contribution in [2.24, 2.45) is 5.92 Å². The molecule has 0 bridgehead atoms. The average Bonchev–Trinajstić information content (AvgIpc) is 2.59. The smallest absolute Gasteiger partial charge is 0.222 e. The first-order valence-electron chi connectivity index (χ1n) is 9.16. The molecular formula is C19H27NO4S. The van der Waals surface area contributed by atoms with E-state index in [4.69, 9.17) is 4.74 Å². The number of carbonyl (C=O) groups excluding carboxylic acids is 1. The molecule has 2 aliphatic rings. The van der Waals surface area contributed by atoms with Crippen LogP contribution in [0.3, 0.4) is 0 Å². The van der Waals surface area contributed by atoms with Gasteiger partial charge in [-0.3, -0.25) is 4.79 Å². The number of methoxy groups -OCH3 is 1. The minimum atomic E-state index is -3.38. The standard InChI is InChI=1S/C19H27NO4S/c1-24-16-8-10-17(11-9-16)25(22,23)18-13-20(14-18)19(21)12-7-15-5-3-2-4-6-15/h8-11,15,18H,2-7,12-14H2,1H3. The molecule has 0 unspecified atom stereocenters. The van der Waals surface area contributed by atoms with Gasteiger partial charge in [0.1, 0.15) is 11.0 Å². The van der Waals surface area contributed by atoms with Crippen molar-refractivity contribution < 1.29 is 17.9 Å². The van der Waals surface area contributed by atoms with Crippen LogP contribution in [0.4, 0.5) is 0 Å². The van der Waals surface area contributed by atoms with Gasteiger partial charge in [-0.05, 0) is 36.6 Å². The van der Waals surface area contributed by atoms with Crippen molar-refractivity contribution in [2.45, 2.75) is 55.1 Å². The quantitative estimate of drug-likeness (QED) is 0.777. The number of rotatable bonds is 6. The second-order valence-corrected chi connectivity index (χ2v) is 9.41. The Morgan fingerprint density at radius 3 is 2.36 bits per heavy atom. The maximum absolute atomic E-state index is 12.6. The highest BCUT2D eigenvalue weighted by atomic mass is 32.2. The van der Waals surface area contributed by atoms with Gasteiger partial charge < -0.3 is 9.64 Å². The summed E-state index contributed by atoms with van der Waals surface area (Å²) >= 11 is 0. The molecule has 1 heterocycles. The number of ether oxygens (including phenoxy) is 1. The summed E-state index contributed by atoms with van der Waals surface area (Å²) in [5.74, 6) is 1.41. The van der Waals surface area contributed by atoms with Crippen molar-refractivity contribution in [1.82, 2.24) is 4.90 Å². The number of carbonyl (C=O) groups is 1. The number of nitrogens with zero attached hydrogens (tertiary/aromatic N) is 1. The highest BCUT2D eigenvalue weighted by molar-refractivity contribution is 7.92. The minimum absolute atomic E-state index is 0.103. The van der Waals surface area contributed by atoms with E-state index in [2.05, 4.69) is 0 Å². The molecule has 3 rings (SSSR count). The van der Waals surface area contributed by atoms with Crippen LogP contribution in [0.5, 0.6) is 5.75 Å². The third-order valence-electron chi connectivity index (χ3n) is 5.52. The summed E-state index contributed by atoms with van der Waals surface area (Å²) in [5, 5.41) is -0.487. The van der Waals surface area contributed by atoms with E-state index < -0.39 is 15.1 Å². The van der Waals surface area contributed by atoms with E-state index in [0.717, 1.165) is 6.42 Å². The van der Waals surface area contributed by atoms with Crippen LogP contribution >= 0.6 is 0 Å². The van der Waals surface area contributed by atoms with Crippen LogP contribution in [0.1, 0.15) is 44.9 Å². The molecular weight excluding hydrogens is 338 g/mol. The van der Waals surface area contributed by atoms with Crippen molar-refractivity contribution in [1.29, 1.82) is 0 Å². The fourth-order valence-electron chi connectivity index (χ4n) is 3.76. The summed E-state index contributed by atoms with van der Waals surface area (Å²) in [6.45, 7) is 0.635. The van der Waals surface area contributed by atoms with Crippen molar-refractivity contribution in [3.63, 3.8) is 0 Å². The zero-order chi connectivity index (χ0) is 17.9. The van der Waals surface area contributed by atoms with Crippen LogP contribution in [-0.4, -0.2) is 44.7 Å². The van der Waals surface area contributed by atoms with Crippen LogP contribution in [0.15, 0.2) is 29.2 Å². The number of hydrogen-bond donors (Lipinski definition) is 0. The van der Waals surface area contributed by atoms with Gasteiger partial charge >= 0.3 is 0 Å². The summed E-state index contributed by atoms with van der Waals surface area (Å²) in [7, 11) is -1.83. The molecule has 6 heteroatoms. The minimum Gasteiger partial charge on any atom is -0.497 e. The molecule has 138 valence electrons. The summed E-state index contributed by atoms with van der Waals surface area (Å²) in [4.78, 5) is 14.3.